The Balaban J connectivity index is 2.66. The predicted octanol–water partition coefficient (Wildman–Crippen LogP) is 2.07. The minimum absolute atomic E-state index is 0.286. The number of likely N-dealkylation sites (N-methyl/N-ethyl adjacent to an activating group) is 1. The molecule has 1 rings (SSSR count). The summed E-state index contributed by atoms with van der Waals surface area (Å²) in [4.78, 5) is 2.06. The van der Waals surface area contributed by atoms with Crippen LogP contribution in [0.1, 0.15) is 19.4 Å². The zero-order valence-electron chi connectivity index (χ0n) is 9.20. The Kier molecular flexibility index (Phi) is 3.96. The van der Waals surface area contributed by atoms with Crippen LogP contribution in [-0.2, 0) is 6.42 Å². The molecule has 0 amide bonds. The Labute approximate surface area is 86.2 Å². The lowest BCUT2D eigenvalue weighted by molar-refractivity contribution is 0.201. The molecule has 78 valence electrons. The van der Waals surface area contributed by atoms with Crippen molar-refractivity contribution in [1.29, 1.82) is 0 Å². The van der Waals surface area contributed by atoms with Gasteiger partial charge in [0.1, 0.15) is 0 Å². The molecule has 0 fully saturated rings. The van der Waals surface area contributed by atoms with E-state index in [-0.39, 0.29) is 6.10 Å². The maximum absolute atomic E-state index is 9.24. The molecule has 0 aliphatic heterocycles. The minimum Gasteiger partial charge on any atom is -0.392 e. The summed E-state index contributed by atoms with van der Waals surface area (Å²) in [5.74, 6) is 0. The van der Waals surface area contributed by atoms with Gasteiger partial charge in [0.15, 0.2) is 0 Å². The molecule has 0 saturated carbocycles. The highest BCUT2D eigenvalue weighted by atomic mass is 16.3. The van der Waals surface area contributed by atoms with E-state index in [1.54, 1.807) is 6.92 Å². The van der Waals surface area contributed by atoms with Gasteiger partial charge in [-0.2, -0.15) is 0 Å². The molecule has 0 unspecified atom stereocenters. The van der Waals surface area contributed by atoms with Crippen molar-refractivity contribution in [3.05, 3.63) is 29.8 Å². The molecule has 1 aromatic carbocycles. The van der Waals surface area contributed by atoms with Crippen LogP contribution in [0, 0.1) is 0 Å². The Morgan fingerprint density at radius 2 is 1.86 bits per heavy atom. The molecule has 0 heterocycles. The Bertz CT molecular complexity index is 266. The van der Waals surface area contributed by atoms with Crippen molar-refractivity contribution in [1.82, 2.24) is 0 Å². The summed E-state index contributed by atoms with van der Waals surface area (Å²) in [7, 11) is 1.99. The maximum Gasteiger partial charge on any atom is 0.0686 e. The van der Waals surface area contributed by atoms with Gasteiger partial charge in [0.25, 0.3) is 0 Å². The van der Waals surface area contributed by atoms with Gasteiger partial charge in [-0.15, -0.1) is 0 Å². The number of aliphatic hydroxyl groups excluding tert-OH is 1. The summed E-state index contributed by atoms with van der Waals surface area (Å²) < 4.78 is 0. The summed E-state index contributed by atoms with van der Waals surface area (Å²) in [5.41, 5.74) is 2.50. The van der Waals surface area contributed by atoms with Crippen LogP contribution in [-0.4, -0.2) is 24.8 Å². The molecule has 2 heteroatoms. The van der Waals surface area contributed by atoms with Crippen molar-refractivity contribution in [3.63, 3.8) is 0 Å². The van der Waals surface area contributed by atoms with E-state index in [0.29, 0.717) is 6.54 Å². The number of hydrogen-bond acceptors (Lipinski definition) is 2. The summed E-state index contributed by atoms with van der Waals surface area (Å²) in [6.07, 6.45) is 0.784. The quantitative estimate of drug-likeness (QED) is 0.791. The molecule has 0 aliphatic rings. The molecule has 0 saturated heterocycles. The number of benzene rings is 1. The highest BCUT2D eigenvalue weighted by molar-refractivity contribution is 5.46. The second-order valence-corrected chi connectivity index (χ2v) is 3.75. The summed E-state index contributed by atoms with van der Waals surface area (Å²) in [5, 5.41) is 9.24. The lowest BCUT2D eigenvalue weighted by Gasteiger charge is -2.20. The van der Waals surface area contributed by atoms with Crippen LogP contribution in [0.3, 0.4) is 0 Å². The number of anilines is 1. The maximum atomic E-state index is 9.24. The second kappa shape index (κ2) is 5.01. The van der Waals surface area contributed by atoms with Crippen LogP contribution >= 0.6 is 0 Å². The third-order valence-corrected chi connectivity index (χ3v) is 2.32. The molecule has 1 atom stereocenters. The van der Waals surface area contributed by atoms with Gasteiger partial charge in [-0.3, -0.25) is 0 Å². The number of rotatable bonds is 4. The topological polar surface area (TPSA) is 23.5 Å². The number of aryl methyl sites for hydroxylation is 1. The van der Waals surface area contributed by atoms with Gasteiger partial charge in [0.05, 0.1) is 6.10 Å². The third kappa shape index (κ3) is 3.04. The first-order valence-corrected chi connectivity index (χ1v) is 5.11. The van der Waals surface area contributed by atoms with Crippen molar-refractivity contribution >= 4 is 5.69 Å². The summed E-state index contributed by atoms with van der Waals surface area (Å²) >= 11 is 0. The largest absolute Gasteiger partial charge is 0.392 e. The van der Waals surface area contributed by atoms with Crippen LogP contribution in [0.25, 0.3) is 0 Å². The highest BCUT2D eigenvalue weighted by Crippen LogP contribution is 2.14. The van der Waals surface area contributed by atoms with E-state index in [1.165, 1.54) is 5.56 Å². The van der Waals surface area contributed by atoms with Crippen molar-refractivity contribution in [3.8, 4) is 0 Å². The van der Waals surface area contributed by atoms with E-state index in [4.69, 9.17) is 0 Å². The van der Waals surface area contributed by atoms with E-state index >= 15 is 0 Å². The van der Waals surface area contributed by atoms with E-state index in [1.807, 2.05) is 7.05 Å². The van der Waals surface area contributed by atoms with Crippen LogP contribution in [0.4, 0.5) is 5.69 Å². The fraction of sp³-hybridized carbons (Fsp3) is 0.500. The van der Waals surface area contributed by atoms with Crippen molar-refractivity contribution < 1.29 is 5.11 Å². The first-order valence-electron chi connectivity index (χ1n) is 5.11. The van der Waals surface area contributed by atoms with Crippen molar-refractivity contribution in [2.24, 2.45) is 0 Å². The van der Waals surface area contributed by atoms with Gasteiger partial charge >= 0.3 is 0 Å². The predicted molar refractivity (Wildman–Crippen MR) is 60.8 cm³/mol. The fourth-order valence-corrected chi connectivity index (χ4v) is 1.49. The molecule has 0 aromatic heterocycles. The molecule has 14 heavy (non-hydrogen) atoms. The molecular weight excluding hydrogens is 174 g/mol. The van der Waals surface area contributed by atoms with Crippen LogP contribution < -0.4 is 4.90 Å². The van der Waals surface area contributed by atoms with Gasteiger partial charge < -0.3 is 10.0 Å². The van der Waals surface area contributed by atoms with Gasteiger partial charge in [-0.25, -0.2) is 0 Å². The molecule has 1 N–H and O–H groups in total. The fourth-order valence-electron chi connectivity index (χ4n) is 1.49. The normalized spacial score (nSPS) is 12.6. The van der Waals surface area contributed by atoms with E-state index in [9.17, 15) is 5.11 Å². The monoisotopic (exact) mass is 193 g/mol. The Morgan fingerprint density at radius 1 is 1.29 bits per heavy atom. The molecule has 0 radical (unpaired) electrons. The second-order valence-electron chi connectivity index (χ2n) is 3.75. The lowest BCUT2D eigenvalue weighted by atomic mass is 10.1. The Hall–Kier alpha value is -1.02. The summed E-state index contributed by atoms with van der Waals surface area (Å²) in [6.45, 7) is 4.62. The van der Waals surface area contributed by atoms with E-state index < -0.39 is 0 Å². The molecule has 2 nitrogen and oxygen atoms in total. The van der Waals surface area contributed by atoms with Crippen LogP contribution in [0.5, 0.6) is 0 Å². The molecule has 0 spiro atoms. The first-order chi connectivity index (χ1) is 6.63. The van der Waals surface area contributed by atoms with Gasteiger partial charge in [0.2, 0.25) is 0 Å². The van der Waals surface area contributed by atoms with E-state index in [2.05, 4.69) is 36.1 Å². The van der Waals surface area contributed by atoms with Crippen LogP contribution in [0.15, 0.2) is 24.3 Å². The zero-order valence-corrected chi connectivity index (χ0v) is 9.20. The zero-order chi connectivity index (χ0) is 10.6. The van der Waals surface area contributed by atoms with Gasteiger partial charge in [-0.05, 0) is 31.0 Å². The average Bonchev–Trinajstić information content (AvgIpc) is 2.17. The molecule has 0 bridgehead atoms. The van der Waals surface area contributed by atoms with Crippen molar-refractivity contribution in [2.45, 2.75) is 26.4 Å². The number of nitrogens with zero attached hydrogens (tertiary/aromatic N) is 1. The SMILES string of the molecule is CCc1ccc(N(C)C[C@H](C)O)cc1. The molecular formula is C12H19NO. The van der Waals surface area contributed by atoms with Gasteiger partial charge in [0, 0.05) is 19.3 Å². The van der Waals surface area contributed by atoms with Crippen molar-refractivity contribution in [2.75, 3.05) is 18.5 Å². The third-order valence-electron chi connectivity index (χ3n) is 2.32. The average molecular weight is 193 g/mol. The minimum atomic E-state index is -0.286. The van der Waals surface area contributed by atoms with Gasteiger partial charge in [-0.1, -0.05) is 19.1 Å². The molecule has 0 aliphatic carbocycles. The summed E-state index contributed by atoms with van der Waals surface area (Å²) in [6, 6.07) is 8.46. The highest BCUT2D eigenvalue weighted by Gasteiger charge is 2.03. The first kappa shape index (κ1) is 11.1. The number of hydrogen-bond donors (Lipinski definition) is 1. The Morgan fingerprint density at radius 3 is 2.29 bits per heavy atom. The van der Waals surface area contributed by atoms with E-state index in [0.717, 1.165) is 12.1 Å². The standard InChI is InChI=1S/C12H19NO/c1-4-11-5-7-12(8-6-11)13(3)9-10(2)14/h5-8,10,14H,4,9H2,1-3H3/t10-/m0/s1. The smallest absolute Gasteiger partial charge is 0.0686 e. The number of aliphatic hydroxyl groups is 1. The van der Waals surface area contributed by atoms with Crippen LogP contribution in [0.2, 0.25) is 0 Å². The molecule has 1 aromatic rings. The lowest BCUT2D eigenvalue weighted by Crippen LogP contribution is -2.26.